The Morgan fingerprint density at radius 1 is 1.29 bits per heavy atom. The molecule has 2 unspecified atom stereocenters. The molecule has 1 saturated carbocycles. The fourth-order valence-electron chi connectivity index (χ4n) is 2.46. The topological polar surface area (TPSA) is 49.8 Å². The first kappa shape index (κ1) is 12.1. The van der Waals surface area contributed by atoms with E-state index in [2.05, 4.69) is 34.4 Å². The van der Waals surface area contributed by atoms with Crippen molar-refractivity contribution in [3.63, 3.8) is 0 Å². The van der Waals surface area contributed by atoms with E-state index >= 15 is 0 Å². The van der Waals surface area contributed by atoms with E-state index in [1.54, 1.807) is 0 Å². The van der Waals surface area contributed by atoms with E-state index in [0.29, 0.717) is 6.04 Å². The van der Waals surface area contributed by atoms with Crippen LogP contribution in [0.5, 0.6) is 0 Å². The molecular formula is C13H22N4. The van der Waals surface area contributed by atoms with Crippen LogP contribution < -0.4 is 10.6 Å². The summed E-state index contributed by atoms with van der Waals surface area (Å²) >= 11 is 0. The third-order valence-corrected chi connectivity index (χ3v) is 3.24. The largest absolute Gasteiger partial charge is 0.370 e. The number of nitrogens with zero attached hydrogens (tertiary/aromatic N) is 2. The van der Waals surface area contributed by atoms with Gasteiger partial charge in [0.15, 0.2) is 0 Å². The van der Waals surface area contributed by atoms with Gasteiger partial charge in [-0.1, -0.05) is 6.92 Å². The zero-order chi connectivity index (χ0) is 12.3. The Morgan fingerprint density at radius 2 is 2.06 bits per heavy atom. The first-order valence-electron chi connectivity index (χ1n) is 6.53. The SMILES string of the molecule is CCNc1cc(NC2CCC(C)C2)nc(C)n1. The first-order chi connectivity index (χ1) is 8.17. The van der Waals surface area contributed by atoms with Crippen LogP contribution in [0.15, 0.2) is 6.07 Å². The predicted octanol–water partition coefficient (Wildman–Crippen LogP) is 2.82. The molecule has 0 aromatic carbocycles. The van der Waals surface area contributed by atoms with Gasteiger partial charge in [-0.3, -0.25) is 0 Å². The van der Waals surface area contributed by atoms with Gasteiger partial charge < -0.3 is 10.6 Å². The van der Waals surface area contributed by atoms with Crippen molar-refractivity contribution in [3.05, 3.63) is 11.9 Å². The molecule has 0 radical (unpaired) electrons. The Labute approximate surface area is 103 Å². The van der Waals surface area contributed by atoms with Gasteiger partial charge in [-0.2, -0.15) is 0 Å². The number of aromatic nitrogens is 2. The van der Waals surface area contributed by atoms with Gasteiger partial charge in [0, 0.05) is 18.7 Å². The molecule has 1 aromatic rings. The molecule has 4 heteroatoms. The van der Waals surface area contributed by atoms with Crippen LogP contribution in [0.4, 0.5) is 11.6 Å². The summed E-state index contributed by atoms with van der Waals surface area (Å²) in [5.41, 5.74) is 0. The zero-order valence-electron chi connectivity index (χ0n) is 11.0. The van der Waals surface area contributed by atoms with E-state index in [1.807, 2.05) is 13.0 Å². The van der Waals surface area contributed by atoms with Gasteiger partial charge in [0.05, 0.1) is 0 Å². The lowest BCUT2D eigenvalue weighted by Crippen LogP contribution is -2.17. The van der Waals surface area contributed by atoms with Gasteiger partial charge in [0.25, 0.3) is 0 Å². The van der Waals surface area contributed by atoms with Crippen LogP contribution in [0.3, 0.4) is 0 Å². The number of aryl methyl sites for hydroxylation is 1. The lowest BCUT2D eigenvalue weighted by atomic mass is 10.1. The Hall–Kier alpha value is -1.32. The normalized spacial score (nSPS) is 23.7. The van der Waals surface area contributed by atoms with E-state index in [1.165, 1.54) is 19.3 Å². The molecule has 0 bridgehead atoms. The maximum Gasteiger partial charge on any atom is 0.132 e. The molecule has 0 amide bonds. The van der Waals surface area contributed by atoms with Gasteiger partial charge in [0.2, 0.25) is 0 Å². The number of anilines is 2. The van der Waals surface area contributed by atoms with Crippen LogP contribution in [0.25, 0.3) is 0 Å². The molecule has 1 aliphatic carbocycles. The predicted molar refractivity (Wildman–Crippen MR) is 71.4 cm³/mol. The third-order valence-electron chi connectivity index (χ3n) is 3.24. The van der Waals surface area contributed by atoms with Gasteiger partial charge in [0.1, 0.15) is 17.5 Å². The lowest BCUT2D eigenvalue weighted by molar-refractivity contribution is 0.602. The van der Waals surface area contributed by atoms with E-state index in [-0.39, 0.29) is 0 Å². The molecule has 1 fully saturated rings. The van der Waals surface area contributed by atoms with Crippen molar-refractivity contribution < 1.29 is 0 Å². The van der Waals surface area contributed by atoms with Crippen LogP contribution in [-0.2, 0) is 0 Å². The Morgan fingerprint density at radius 3 is 2.71 bits per heavy atom. The van der Waals surface area contributed by atoms with E-state index < -0.39 is 0 Å². The van der Waals surface area contributed by atoms with Crippen LogP contribution in [-0.4, -0.2) is 22.6 Å². The van der Waals surface area contributed by atoms with Crippen LogP contribution in [0, 0.1) is 12.8 Å². The van der Waals surface area contributed by atoms with E-state index in [0.717, 1.165) is 29.9 Å². The highest BCUT2D eigenvalue weighted by molar-refractivity contribution is 5.48. The Balaban J connectivity index is 2.04. The molecule has 1 aromatic heterocycles. The quantitative estimate of drug-likeness (QED) is 0.841. The Bertz CT molecular complexity index is 378. The minimum Gasteiger partial charge on any atom is -0.370 e. The van der Waals surface area contributed by atoms with Crippen molar-refractivity contribution in [1.29, 1.82) is 0 Å². The number of rotatable bonds is 4. The molecule has 17 heavy (non-hydrogen) atoms. The highest BCUT2D eigenvalue weighted by Crippen LogP contribution is 2.27. The molecular weight excluding hydrogens is 212 g/mol. The fourth-order valence-corrected chi connectivity index (χ4v) is 2.46. The smallest absolute Gasteiger partial charge is 0.132 e. The van der Waals surface area contributed by atoms with Crippen molar-refractivity contribution in [3.8, 4) is 0 Å². The molecule has 4 nitrogen and oxygen atoms in total. The Kier molecular flexibility index (Phi) is 3.82. The summed E-state index contributed by atoms with van der Waals surface area (Å²) in [7, 11) is 0. The van der Waals surface area contributed by atoms with Crippen molar-refractivity contribution in [2.75, 3.05) is 17.2 Å². The lowest BCUT2D eigenvalue weighted by Gasteiger charge is -2.14. The zero-order valence-corrected chi connectivity index (χ0v) is 11.0. The molecule has 0 aliphatic heterocycles. The summed E-state index contributed by atoms with van der Waals surface area (Å²) < 4.78 is 0. The minimum atomic E-state index is 0.578. The average Bonchev–Trinajstić information content (AvgIpc) is 2.63. The summed E-state index contributed by atoms with van der Waals surface area (Å²) in [5.74, 6) is 3.52. The second-order valence-electron chi connectivity index (χ2n) is 4.98. The van der Waals surface area contributed by atoms with Crippen molar-refractivity contribution in [2.45, 2.75) is 46.1 Å². The van der Waals surface area contributed by atoms with Gasteiger partial charge in [-0.25, -0.2) is 9.97 Å². The summed E-state index contributed by atoms with van der Waals surface area (Å²) in [6, 6.07) is 2.58. The van der Waals surface area contributed by atoms with E-state index in [9.17, 15) is 0 Å². The number of hydrogen-bond donors (Lipinski definition) is 2. The highest BCUT2D eigenvalue weighted by Gasteiger charge is 2.21. The van der Waals surface area contributed by atoms with Gasteiger partial charge >= 0.3 is 0 Å². The van der Waals surface area contributed by atoms with Crippen LogP contribution >= 0.6 is 0 Å². The number of hydrogen-bond acceptors (Lipinski definition) is 4. The first-order valence-corrected chi connectivity index (χ1v) is 6.53. The third kappa shape index (κ3) is 3.32. The maximum absolute atomic E-state index is 4.44. The second-order valence-corrected chi connectivity index (χ2v) is 4.98. The number of nitrogens with one attached hydrogen (secondary N) is 2. The second kappa shape index (κ2) is 5.34. The van der Waals surface area contributed by atoms with Crippen molar-refractivity contribution in [2.24, 2.45) is 5.92 Å². The highest BCUT2D eigenvalue weighted by atomic mass is 15.1. The average molecular weight is 234 g/mol. The van der Waals surface area contributed by atoms with Crippen LogP contribution in [0.1, 0.15) is 38.9 Å². The summed E-state index contributed by atoms with van der Waals surface area (Å²) in [6.07, 6.45) is 3.82. The van der Waals surface area contributed by atoms with Crippen molar-refractivity contribution in [1.82, 2.24) is 9.97 Å². The van der Waals surface area contributed by atoms with E-state index in [4.69, 9.17) is 0 Å². The molecule has 1 heterocycles. The molecule has 0 saturated heterocycles. The molecule has 2 rings (SSSR count). The van der Waals surface area contributed by atoms with Gasteiger partial charge in [-0.15, -0.1) is 0 Å². The maximum atomic E-state index is 4.44. The molecule has 2 atom stereocenters. The van der Waals surface area contributed by atoms with Crippen molar-refractivity contribution >= 4 is 11.6 Å². The van der Waals surface area contributed by atoms with Gasteiger partial charge in [-0.05, 0) is 39.0 Å². The molecule has 0 spiro atoms. The molecule has 1 aliphatic rings. The summed E-state index contributed by atoms with van der Waals surface area (Å²) in [4.78, 5) is 8.79. The molecule has 94 valence electrons. The minimum absolute atomic E-state index is 0.578. The monoisotopic (exact) mass is 234 g/mol. The standard InChI is InChI=1S/C13H22N4/c1-4-14-12-8-13(16-10(3)15-12)17-11-6-5-9(2)7-11/h8-9,11H,4-7H2,1-3H3,(H2,14,15,16,17). The fraction of sp³-hybridized carbons (Fsp3) is 0.692. The summed E-state index contributed by atoms with van der Waals surface area (Å²) in [6.45, 7) is 7.21. The molecule has 2 N–H and O–H groups in total. The van der Waals surface area contributed by atoms with Crippen LogP contribution in [0.2, 0.25) is 0 Å². The summed E-state index contributed by atoms with van der Waals surface area (Å²) in [5, 5.41) is 6.75.